The summed E-state index contributed by atoms with van der Waals surface area (Å²) in [6.45, 7) is 0. The first-order valence-electron chi connectivity index (χ1n) is 6.66. The van der Waals surface area contributed by atoms with E-state index in [0.29, 0.717) is 17.1 Å². The van der Waals surface area contributed by atoms with Crippen LogP contribution in [0.15, 0.2) is 40.9 Å². The van der Waals surface area contributed by atoms with Gasteiger partial charge in [-0.15, -0.1) is 0 Å². The maximum Gasteiger partial charge on any atom is 0.167 e. The predicted molar refractivity (Wildman–Crippen MR) is 88.3 cm³/mol. The second-order valence-corrected chi connectivity index (χ2v) is 5.48. The fourth-order valence-electron chi connectivity index (χ4n) is 2.08. The highest BCUT2D eigenvalue weighted by atomic mass is 79.9. The lowest BCUT2D eigenvalue weighted by molar-refractivity contribution is 0.0992. The molecular formula is C17H17BrO4. The molecule has 0 bridgehead atoms. The Balaban J connectivity index is 2.23. The fourth-order valence-corrected chi connectivity index (χ4v) is 2.55. The summed E-state index contributed by atoms with van der Waals surface area (Å²) in [5.41, 5.74) is 1.49. The highest BCUT2D eigenvalue weighted by Crippen LogP contribution is 2.33. The van der Waals surface area contributed by atoms with Crippen LogP contribution in [-0.2, 0) is 6.42 Å². The standard InChI is InChI=1S/C17H17BrO4/c1-20-13-6-4-11(5-7-13)15(19)8-12-9-16(21-2)17(22-3)10-14(12)18/h4-7,9-10H,8H2,1-3H3. The third kappa shape index (κ3) is 3.60. The summed E-state index contributed by atoms with van der Waals surface area (Å²) in [5, 5.41) is 0. The van der Waals surface area contributed by atoms with Crippen molar-refractivity contribution in [2.75, 3.05) is 21.3 Å². The van der Waals surface area contributed by atoms with Crippen molar-refractivity contribution in [1.82, 2.24) is 0 Å². The molecule has 0 amide bonds. The first-order valence-corrected chi connectivity index (χ1v) is 7.46. The minimum Gasteiger partial charge on any atom is -0.497 e. The average Bonchev–Trinajstić information content (AvgIpc) is 2.56. The van der Waals surface area contributed by atoms with Gasteiger partial charge in [-0.3, -0.25) is 4.79 Å². The van der Waals surface area contributed by atoms with Crippen molar-refractivity contribution in [3.63, 3.8) is 0 Å². The summed E-state index contributed by atoms with van der Waals surface area (Å²) in [7, 11) is 4.74. The lowest BCUT2D eigenvalue weighted by Gasteiger charge is -2.11. The van der Waals surface area contributed by atoms with Crippen LogP contribution in [-0.4, -0.2) is 27.1 Å². The molecule has 2 rings (SSSR count). The van der Waals surface area contributed by atoms with E-state index < -0.39 is 0 Å². The molecule has 116 valence electrons. The van der Waals surface area contributed by atoms with Gasteiger partial charge in [0.15, 0.2) is 17.3 Å². The highest BCUT2D eigenvalue weighted by Gasteiger charge is 2.14. The van der Waals surface area contributed by atoms with Gasteiger partial charge < -0.3 is 14.2 Å². The molecule has 0 spiro atoms. The molecule has 0 atom stereocenters. The number of hydrogen-bond donors (Lipinski definition) is 0. The van der Waals surface area contributed by atoms with E-state index in [4.69, 9.17) is 14.2 Å². The van der Waals surface area contributed by atoms with E-state index >= 15 is 0 Å². The molecule has 0 N–H and O–H groups in total. The Labute approximate surface area is 138 Å². The topological polar surface area (TPSA) is 44.8 Å². The minimum atomic E-state index is 0.0237. The number of benzene rings is 2. The fraction of sp³-hybridized carbons (Fsp3) is 0.235. The molecule has 0 unspecified atom stereocenters. The van der Waals surface area contributed by atoms with Gasteiger partial charge in [-0.25, -0.2) is 0 Å². The number of carbonyl (C=O) groups excluding carboxylic acids is 1. The van der Waals surface area contributed by atoms with Crippen molar-refractivity contribution in [2.45, 2.75) is 6.42 Å². The summed E-state index contributed by atoms with van der Waals surface area (Å²) in [6, 6.07) is 10.7. The Hall–Kier alpha value is -2.01. The molecule has 0 heterocycles. The number of ketones is 1. The van der Waals surface area contributed by atoms with Crippen molar-refractivity contribution < 1.29 is 19.0 Å². The SMILES string of the molecule is COc1ccc(C(=O)Cc2cc(OC)c(OC)cc2Br)cc1. The van der Waals surface area contributed by atoms with Crippen LogP contribution in [0, 0.1) is 0 Å². The Morgan fingerprint density at radius 3 is 2.09 bits per heavy atom. The third-order valence-corrected chi connectivity index (χ3v) is 4.05. The minimum absolute atomic E-state index is 0.0237. The second-order valence-electron chi connectivity index (χ2n) is 4.63. The Morgan fingerprint density at radius 2 is 1.55 bits per heavy atom. The number of rotatable bonds is 6. The van der Waals surface area contributed by atoms with Crippen LogP contribution in [0.5, 0.6) is 17.2 Å². The molecule has 2 aromatic carbocycles. The van der Waals surface area contributed by atoms with Crippen molar-refractivity contribution in [1.29, 1.82) is 0 Å². The van der Waals surface area contributed by atoms with Crippen molar-refractivity contribution in [2.24, 2.45) is 0 Å². The van der Waals surface area contributed by atoms with Crippen LogP contribution in [0.25, 0.3) is 0 Å². The van der Waals surface area contributed by atoms with Crippen LogP contribution >= 0.6 is 15.9 Å². The highest BCUT2D eigenvalue weighted by molar-refractivity contribution is 9.10. The first kappa shape index (κ1) is 16.4. The Morgan fingerprint density at radius 1 is 0.955 bits per heavy atom. The van der Waals surface area contributed by atoms with Crippen LogP contribution < -0.4 is 14.2 Å². The van der Waals surface area contributed by atoms with Crippen molar-refractivity contribution in [3.05, 3.63) is 52.0 Å². The van der Waals surface area contributed by atoms with E-state index in [0.717, 1.165) is 15.8 Å². The average molecular weight is 365 g/mol. The molecule has 0 saturated heterocycles. The number of ether oxygens (including phenoxy) is 3. The van der Waals surface area contributed by atoms with Gasteiger partial charge in [0.25, 0.3) is 0 Å². The number of Topliss-reactive ketones (excluding diaryl/α,β-unsaturated/α-hetero) is 1. The van der Waals surface area contributed by atoms with Crippen molar-refractivity contribution >= 4 is 21.7 Å². The molecule has 22 heavy (non-hydrogen) atoms. The van der Waals surface area contributed by atoms with E-state index in [9.17, 15) is 4.79 Å². The van der Waals surface area contributed by atoms with E-state index in [-0.39, 0.29) is 12.2 Å². The summed E-state index contributed by atoms with van der Waals surface area (Å²) in [6.07, 6.45) is 0.271. The van der Waals surface area contributed by atoms with Gasteiger partial charge >= 0.3 is 0 Å². The normalized spacial score (nSPS) is 10.2. The third-order valence-electron chi connectivity index (χ3n) is 3.32. The van der Waals surface area contributed by atoms with Crippen LogP contribution in [0.3, 0.4) is 0 Å². The lowest BCUT2D eigenvalue weighted by Crippen LogP contribution is -2.05. The quantitative estimate of drug-likeness (QED) is 0.729. The number of methoxy groups -OCH3 is 3. The molecule has 2 aromatic rings. The van der Waals surface area contributed by atoms with Crippen molar-refractivity contribution in [3.8, 4) is 17.2 Å². The van der Waals surface area contributed by atoms with E-state index in [2.05, 4.69) is 15.9 Å². The molecule has 0 aliphatic heterocycles. The van der Waals surface area contributed by atoms with Gasteiger partial charge in [0.1, 0.15) is 5.75 Å². The Kier molecular flexibility index (Phi) is 5.44. The number of halogens is 1. The second kappa shape index (κ2) is 7.31. The van der Waals surface area contributed by atoms with Crippen LogP contribution in [0.4, 0.5) is 0 Å². The summed E-state index contributed by atoms with van der Waals surface area (Å²) >= 11 is 3.47. The van der Waals surface area contributed by atoms with E-state index in [1.54, 1.807) is 51.7 Å². The van der Waals surface area contributed by atoms with Gasteiger partial charge in [-0.1, -0.05) is 15.9 Å². The van der Waals surface area contributed by atoms with Gasteiger partial charge in [-0.05, 0) is 42.0 Å². The van der Waals surface area contributed by atoms with Gasteiger partial charge in [-0.2, -0.15) is 0 Å². The van der Waals surface area contributed by atoms with Crippen LogP contribution in [0.1, 0.15) is 15.9 Å². The molecule has 0 fully saturated rings. The zero-order chi connectivity index (χ0) is 16.1. The monoisotopic (exact) mass is 364 g/mol. The lowest BCUT2D eigenvalue weighted by atomic mass is 10.0. The van der Waals surface area contributed by atoms with Crippen LogP contribution in [0.2, 0.25) is 0 Å². The zero-order valence-electron chi connectivity index (χ0n) is 12.7. The maximum atomic E-state index is 12.4. The number of carbonyl (C=O) groups is 1. The molecule has 4 nitrogen and oxygen atoms in total. The van der Waals surface area contributed by atoms with Gasteiger partial charge in [0.2, 0.25) is 0 Å². The predicted octanol–water partition coefficient (Wildman–Crippen LogP) is 3.90. The Bertz CT molecular complexity index is 665. The van der Waals surface area contributed by atoms with Gasteiger partial charge in [0.05, 0.1) is 21.3 Å². The maximum absolute atomic E-state index is 12.4. The summed E-state index contributed by atoms with van der Waals surface area (Å²) in [4.78, 5) is 12.4. The largest absolute Gasteiger partial charge is 0.497 e. The van der Waals surface area contributed by atoms with E-state index in [1.807, 2.05) is 6.07 Å². The van der Waals surface area contributed by atoms with Gasteiger partial charge in [0, 0.05) is 16.5 Å². The number of hydrogen-bond acceptors (Lipinski definition) is 4. The molecule has 0 aliphatic rings. The zero-order valence-corrected chi connectivity index (χ0v) is 14.3. The molecule has 0 saturated carbocycles. The first-order chi connectivity index (χ1) is 10.6. The smallest absolute Gasteiger partial charge is 0.167 e. The molecular weight excluding hydrogens is 348 g/mol. The van der Waals surface area contributed by atoms with E-state index in [1.165, 1.54) is 0 Å². The molecule has 0 aromatic heterocycles. The molecule has 5 heteroatoms. The molecule has 0 radical (unpaired) electrons. The molecule has 0 aliphatic carbocycles. The summed E-state index contributed by atoms with van der Waals surface area (Å²) in [5.74, 6) is 1.97. The summed E-state index contributed by atoms with van der Waals surface area (Å²) < 4.78 is 16.4.